The average molecular weight is 386 g/mol. The molecule has 0 spiro atoms. The number of nitrogens with zero attached hydrogens (tertiary/aromatic N) is 4. The Morgan fingerprint density at radius 3 is 2.95 bits per heavy atom. The molecule has 22 heavy (non-hydrogen) atoms. The molecule has 0 radical (unpaired) electrons. The molecule has 3 aromatic rings. The van der Waals surface area contributed by atoms with Crippen LogP contribution in [0.15, 0.2) is 44.6 Å². The van der Waals surface area contributed by atoms with E-state index in [1.54, 1.807) is 23.0 Å². The van der Waals surface area contributed by atoms with Crippen molar-refractivity contribution in [1.29, 1.82) is 0 Å². The Bertz CT molecular complexity index is 889. The zero-order valence-corrected chi connectivity index (χ0v) is 13.7. The number of halogens is 1. The van der Waals surface area contributed by atoms with Crippen molar-refractivity contribution in [1.82, 2.24) is 24.8 Å². The van der Waals surface area contributed by atoms with Gasteiger partial charge >= 0.3 is 0 Å². The molecule has 0 aliphatic heterocycles. The van der Waals surface area contributed by atoms with Crippen molar-refractivity contribution < 1.29 is 13.0 Å². The van der Waals surface area contributed by atoms with Gasteiger partial charge in [-0.3, -0.25) is 4.68 Å². The van der Waals surface area contributed by atoms with Gasteiger partial charge in [0.25, 0.3) is 0 Å². The van der Waals surface area contributed by atoms with Gasteiger partial charge in [0, 0.05) is 19.3 Å². The van der Waals surface area contributed by atoms with Gasteiger partial charge in [0.2, 0.25) is 10.0 Å². The van der Waals surface area contributed by atoms with Crippen molar-refractivity contribution in [3.63, 3.8) is 0 Å². The van der Waals surface area contributed by atoms with Gasteiger partial charge in [0.1, 0.15) is 10.4 Å². The molecule has 0 fully saturated rings. The van der Waals surface area contributed by atoms with Crippen LogP contribution in [-0.4, -0.2) is 35.1 Å². The minimum absolute atomic E-state index is 0.0630. The van der Waals surface area contributed by atoms with E-state index in [1.165, 1.54) is 6.07 Å². The number of hydrogen-bond donors (Lipinski definition) is 1. The first-order valence-electron chi connectivity index (χ1n) is 6.45. The minimum atomic E-state index is -3.66. The normalized spacial score (nSPS) is 12.0. The van der Waals surface area contributed by atoms with E-state index in [4.69, 9.17) is 0 Å². The molecule has 1 aromatic carbocycles. The fourth-order valence-electron chi connectivity index (χ4n) is 1.98. The Balaban J connectivity index is 1.65. The molecule has 1 N–H and O–H groups in total. The van der Waals surface area contributed by atoms with Crippen LogP contribution in [0.4, 0.5) is 0 Å². The molecule has 2 heterocycles. The zero-order valence-electron chi connectivity index (χ0n) is 11.3. The first-order chi connectivity index (χ1) is 10.6. The highest BCUT2D eigenvalue weighted by Gasteiger charge is 2.19. The molecule has 3 rings (SSSR count). The lowest BCUT2D eigenvalue weighted by Gasteiger charge is -2.06. The van der Waals surface area contributed by atoms with Crippen molar-refractivity contribution >= 4 is 37.0 Å². The molecule has 10 heteroatoms. The van der Waals surface area contributed by atoms with Crippen LogP contribution in [-0.2, 0) is 16.6 Å². The van der Waals surface area contributed by atoms with Crippen LogP contribution in [0, 0.1) is 0 Å². The summed E-state index contributed by atoms with van der Waals surface area (Å²) in [4.78, 5) is 0.0630. The molecule has 0 unspecified atom stereocenters. The van der Waals surface area contributed by atoms with Gasteiger partial charge in [0.05, 0.1) is 10.7 Å². The number of rotatable bonds is 6. The summed E-state index contributed by atoms with van der Waals surface area (Å²) in [5.41, 5.74) is 0.635. The third-order valence-corrected chi connectivity index (χ3v) is 4.90. The number of benzene rings is 1. The van der Waals surface area contributed by atoms with Crippen LogP contribution < -0.4 is 4.72 Å². The SMILES string of the molecule is O=S(=O)(NCCCn1cc(Br)cn1)c1cccc2nonc12. The lowest BCUT2D eigenvalue weighted by atomic mass is 10.3. The molecule has 0 amide bonds. The molecule has 0 saturated heterocycles. The smallest absolute Gasteiger partial charge is 0.242 e. The molecule has 0 bridgehead atoms. The van der Waals surface area contributed by atoms with Gasteiger partial charge in [-0.05, 0) is 44.8 Å². The van der Waals surface area contributed by atoms with Gasteiger partial charge in [-0.15, -0.1) is 0 Å². The molecule has 8 nitrogen and oxygen atoms in total. The van der Waals surface area contributed by atoms with E-state index in [0.717, 1.165) is 4.47 Å². The lowest BCUT2D eigenvalue weighted by Crippen LogP contribution is -2.25. The molecule has 116 valence electrons. The van der Waals surface area contributed by atoms with E-state index in [0.29, 0.717) is 25.0 Å². The maximum Gasteiger partial charge on any atom is 0.242 e. The maximum atomic E-state index is 12.3. The number of sulfonamides is 1. The summed E-state index contributed by atoms with van der Waals surface area (Å²) in [5, 5.41) is 11.4. The van der Waals surface area contributed by atoms with Crippen molar-refractivity contribution in [2.75, 3.05) is 6.54 Å². The topological polar surface area (TPSA) is 103 Å². The van der Waals surface area contributed by atoms with E-state index in [2.05, 4.69) is 40.7 Å². The summed E-state index contributed by atoms with van der Waals surface area (Å²) >= 11 is 3.31. The average Bonchev–Trinajstić information content (AvgIpc) is 3.11. The molecule has 0 saturated carbocycles. The van der Waals surface area contributed by atoms with Crippen molar-refractivity contribution in [2.45, 2.75) is 17.9 Å². The standard InChI is InChI=1S/C12H12BrN5O3S/c13-9-7-14-18(8-9)6-2-5-15-22(19,20)11-4-1-3-10-12(11)17-21-16-10/h1,3-4,7-8,15H,2,5-6H2. The van der Waals surface area contributed by atoms with Crippen LogP contribution >= 0.6 is 15.9 Å². The molecule has 0 atom stereocenters. The number of aromatic nitrogens is 4. The van der Waals surface area contributed by atoms with Crippen LogP contribution in [0.5, 0.6) is 0 Å². The highest BCUT2D eigenvalue weighted by molar-refractivity contribution is 9.10. The van der Waals surface area contributed by atoms with Gasteiger partial charge in [0.15, 0.2) is 5.52 Å². The van der Waals surface area contributed by atoms with Gasteiger partial charge in [-0.25, -0.2) is 17.8 Å². The second-order valence-electron chi connectivity index (χ2n) is 4.56. The fraction of sp³-hybridized carbons (Fsp3) is 0.250. The van der Waals surface area contributed by atoms with Gasteiger partial charge in [-0.2, -0.15) is 5.10 Å². The van der Waals surface area contributed by atoms with Crippen LogP contribution in [0.2, 0.25) is 0 Å². The summed E-state index contributed by atoms with van der Waals surface area (Å²) in [6, 6.07) is 4.71. The van der Waals surface area contributed by atoms with Crippen molar-refractivity contribution in [3.05, 3.63) is 35.1 Å². The Labute approximate surface area is 134 Å². The Hall–Kier alpha value is -1.78. The summed E-state index contributed by atoms with van der Waals surface area (Å²) in [6.45, 7) is 0.908. The number of fused-ring (bicyclic) bond motifs is 1. The van der Waals surface area contributed by atoms with E-state index in [9.17, 15) is 8.42 Å². The van der Waals surface area contributed by atoms with E-state index < -0.39 is 10.0 Å². The zero-order chi connectivity index (χ0) is 15.6. The molecule has 0 aliphatic rings. The van der Waals surface area contributed by atoms with Gasteiger partial charge in [-0.1, -0.05) is 6.07 Å². The fourth-order valence-corrected chi connectivity index (χ4v) is 3.53. The third-order valence-electron chi connectivity index (χ3n) is 3.00. The number of aryl methyl sites for hydroxylation is 1. The van der Waals surface area contributed by atoms with Gasteiger partial charge < -0.3 is 0 Å². The lowest BCUT2D eigenvalue weighted by molar-refractivity contribution is 0.315. The molecular weight excluding hydrogens is 374 g/mol. The highest BCUT2D eigenvalue weighted by atomic mass is 79.9. The third kappa shape index (κ3) is 3.18. The molecule has 0 aliphatic carbocycles. The molecular formula is C12H12BrN5O3S. The van der Waals surface area contributed by atoms with E-state index in [-0.39, 0.29) is 10.4 Å². The second kappa shape index (κ2) is 6.15. The Morgan fingerprint density at radius 1 is 1.32 bits per heavy atom. The molecule has 2 aromatic heterocycles. The predicted molar refractivity (Wildman–Crippen MR) is 81.5 cm³/mol. The first kappa shape index (κ1) is 15.1. The number of nitrogens with one attached hydrogen (secondary N) is 1. The van der Waals surface area contributed by atoms with Crippen molar-refractivity contribution in [2.24, 2.45) is 0 Å². The first-order valence-corrected chi connectivity index (χ1v) is 8.73. The summed E-state index contributed by atoms with van der Waals surface area (Å²) in [6.07, 6.45) is 4.12. The van der Waals surface area contributed by atoms with Crippen LogP contribution in [0.1, 0.15) is 6.42 Å². The highest BCUT2D eigenvalue weighted by Crippen LogP contribution is 2.19. The summed E-state index contributed by atoms with van der Waals surface area (Å²) in [7, 11) is -3.66. The summed E-state index contributed by atoms with van der Waals surface area (Å²) < 4.78 is 34.4. The quantitative estimate of drug-likeness (QED) is 0.645. The van der Waals surface area contributed by atoms with Crippen LogP contribution in [0.25, 0.3) is 11.0 Å². The van der Waals surface area contributed by atoms with E-state index >= 15 is 0 Å². The van der Waals surface area contributed by atoms with E-state index in [1.807, 2.05) is 6.20 Å². The van der Waals surface area contributed by atoms with Crippen LogP contribution in [0.3, 0.4) is 0 Å². The Kier molecular flexibility index (Phi) is 4.23. The predicted octanol–water partition coefficient (Wildman–Crippen LogP) is 1.55. The summed E-state index contributed by atoms with van der Waals surface area (Å²) in [5.74, 6) is 0. The second-order valence-corrected chi connectivity index (χ2v) is 7.21. The maximum absolute atomic E-state index is 12.3. The monoisotopic (exact) mass is 385 g/mol. The minimum Gasteiger partial charge on any atom is -0.272 e. The number of hydrogen-bond acceptors (Lipinski definition) is 6. The largest absolute Gasteiger partial charge is 0.272 e. The Morgan fingerprint density at radius 2 is 2.18 bits per heavy atom. The van der Waals surface area contributed by atoms with Crippen molar-refractivity contribution in [3.8, 4) is 0 Å².